The fourth-order valence-corrected chi connectivity index (χ4v) is 2.58. The molecule has 2 heterocycles. The van der Waals surface area contributed by atoms with Crippen molar-refractivity contribution in [3.63, 3.8) is 0 Å². The topological polar surface area (TPSA) is 67.0 Å². The number of carbonyl (C=O) groups excluding carboxylic acids is 1. The van der Waals surface area contributed by atoms with E-state index in [0.717, 1.165) is 43.0 Å². The van der Waals surface area contributed by atoms with Crippen LogP contribution in [0.4, 0.5) is 0 Å². The largest absolute Gasteiger partial charge is 0.455 e. The summed E-state index contributed by atoms with van der Waals surface area (Å²) in [4.78, 5) is 15.8. The summed E-state index contributed by atoms with van der Waals surface area (Å²) in [7, 11) is 0. The van der Waals surface area contributed by atoms with Gasteiger partial charge in [-0.2, -0.15) is 5.10 Å². The third kappa shape index (κ3) is 5.29. The van der Waals surface area contributed by atoms with Crippen molar-refractivity contribution in [2.45, 2.75) is 32.6 Å². The van der Waals surface area contributed by atoms with Crippen LogP contribution in [-0.4, -0.2) is 24.4 Å². The minimum atomic E-state index is 0. The van der Waals surface area contributed by atoms with Gasteiger partial charge in [-0.15, -0.1) is 12.4 Å². The van der Waals surface area contributed by atoms with Gasteiger partial charge in [0, 0.05) is 24.1 Å². The number of hydrazone groups is 1. The van der Waals surface area contributed by atoms with Gasteiger partial charge in [-0.3, -0.25) is 15.2 Å². The van der Waals surface area contributed by atoms with Crippen LogP contribution in [0.2, 0.25) is 0 Å². The first-order valence-electron chi connectivity index (χ1n) is 8.26. The molecule has 0 bridgehead atoms. The standard InChI is InChI=1S/C19H21N3O2.ClH/c1-14(23)15-6-8-16(9-7-15)18-11-10-17(24-18)13-21-22-19-5-3-2-4-12-20-19;/h6-11,13H,2-5,12H2,1H3,(H,20,22);1H/b21-13+;. The Hall–Kier alpha value is -2.40. The van der Waals surface area contributed by atoms with Crippen LogP contribution >= 0.6 is 12.4 Å². The molecule has 0 radical (unpaired) electrons. The zero-order valence-corrected chi connectivity index (χ0v) is 15.0. The first-order valence-corrected chi connectivity index (χ1v) is 8.26. The number of furan rings is 1. The van der Waals surface area contributed by atoms with Crippen molar-refractivity contribution >= 4 is 30.2 Å². The Bertz CT molecular complexity index is 763. The third-order valence-corrected chi connectivity index (χ3v) is 3.96. The van der Waals surface area contributed by atoms with Gasteiger partial charge in [-0.1, -0.05) is 30.7 Å². The molecular formula is C19H22ClN3O2. The van der Waals surface area contributed by atoms with Gasteiger partial charge >= 0.3 is 0 Å². The van der Waals surface area contributed by atoms with E-state index >= 15 is 0 Å². The fourth-order valence-electron chi connectivity index (χ4n) is 2.58. The average Bonchev–Trinajstić information content (AvgIpc) is 2.91. The molecule has 0 spiro atoms. The summed E-state index contributed by atoms with van der Waals surface area (Å²) in [5.74, 6) is 2.41. The molecule has 0 atom stereocenters. The Morgan fingerprint density at radius 3 is 2.72 bits per heavy atom. The molecule has 132 valence electrons. The van der Waals surface area contributed by atoms with Crippen LogP contribution in [0.3, 0.4) is 0 Å². The number of halogens is 1. The van der Waals surface area contributed by atoms with Crippen LogP contribution in [-0.2, 0) is 0 Å². The molecule has 1 aliphatic rings. The second-order valence-corrected chi connectivity index (χ2v) is 5.84. The van der Waals surface area contributed by atoms with Crippen molar-refractivity contribution < 1.29 is 9.21 Å². The van der Waals surface area contributed by atoms with Crippen LogP contribution in [0.5, 0.6) is 0 Å². The SMILES string of the molecule is CC(=O)c1ccc(-c2ccc(/C=N/NC3=NCCCCC3)o2)cc1.Cl. The number of hydrogen-bond donors (Lipinski definition) is 1. The molecule has 0 aliphatic carbocycles. The molecule has 1 aliphatic heterocycles. The number of rotatable bonds is 4. The van der Waals surface area contributed by atoms with Crippen molar-refractivity contribution in [2.24, 2.45) is 10.1 Å². The zero-order chi connectivity index (χ0) is 16.8. The summed E-state index contributed by atoms with van der Waals surface area (Å²) in [5.41, 5.74) is 4.63. The molecule has 6 heteroatoms. The minimum Gasteiger partial charge on any atom is -0.455 e. The summed E-state index contributed by atoms with van der Waals surface area (Å²) in [6.07, 6.45) is 6.13. The zero-order valence-electron chi connectivity index (χ0n) is 14.2. The summed E-state index contributed by atoms with van der Waals surface area (Å²) >= 11 is 0. The van der Waals surface area contributed by atoms with E-state index in [2.05, 4.69) is 15.5 Å². The lowest BCUT2D eigenvalue weighted by Gasteiger charge is -2.01. The van der Waals surface area contributed by atoms with Gasteiger partial charge in [-0.05, 0) is 31.9 Å². The molecule has 0 saturated heterocycles. The van der Waals surface area contributed by atoms with Crippen LogP contribution in [0.25, 0.3) is 11.3 Å². The molecule has 25 heavy (non-hydrogen) atoms. The summed E-state index contributed by atoms with van der Waals surface area (Å²) in [6.45, 7) is 2.43. The lowest BCUT2D eigenvalue weighted by Crippen LogP contribution is -2.17. The van der Waals surface area contributed by atoms with E-state index in [9.17, 15) is 4.79 Å². The molecule has 0 fully saturated rings. The maximum absolute atomic E-state index is 11.3. The van der Waals surface area contributed by atoms with Gasteiger partial charge in [0.2, 0.25) is 0 Å². The molecule has 1 N–H and O–H groups in total. The number of ketones is 1. The fraction of sp³-hybridized carbons (Fsp3) is 0.316. The Balaban J connectivity index is 0.00000225. The van der Waals surface area contributed by atoms with Gasteiger partial charge < -0.3 is 4.42 Å². The number of nitrogens with one attached hydrogen (secondary N) is 1. The van der Waals surface area contributed by atoms with Crippen LogP contribution in [0, 0.1) is 0 Å². The smallest absolute Gasteiger partial charge is 0.159 e. The number of Topliss-reactive ketones (excluding diaryl/α,β-unsaturated/α-hetero) is 1. The van der Waals surface area contributed by atoms with Crippen LogP contribution in [0.15, 0.2) is 50.9 Å². The maximum Gasteiger partial charge on any atom is 0.159 e. The first kappa shape index (κ1) is 18.9. The third-order valence-electron chi connectivity index (χ3n) is 3.96. The highest BCUT2D eigenvalue weighted by Gasteiger charge is 2.06. The molecule has 1 aromatic carbocycles. The number of carbonyl (C=O) groups is 1. The summed E-state index contributed by atoms with van der Waals surface area (Å²) in [6, 6.07) is 11.1. The normalized spacial score (nSPS) is 14.5. The highest BCUT2D eigenvalue weighted by Crippen LogP contribution is 2.22. The predicted octanol–water partition coefficient (Wildman–Crippen LogP) is 4.47. The Morgan fingerprint density at radius 2 is 1.96 bits per heavy atom. The van der Waals surface area contributed by atoms with Crippen molar-refractivity contribution in [1.82, 2.24) is 5.43 Å². The van der Waals surface area contributed by atoms with Gasteiger partial charge in [0.1, 0.15) is 17.4 Å². The van der Waals surface area contributed by atoms with Crippen molar-refractivity contribution in [1.29, 1.82) is 0 Å². The molecule has 0 amide bonds. The lowest BCUT2D eigenvalue weighted by molar-refractivity contribution is 0.101. The van der Waals surface area contributed by atoms with Crippen molar-refractivity contribution in [3.05, 3.63) is 47.7 Å². The van der Waals surface area contributed by atoms with E-state index in [-0.39, 0.29) is 18.2 Å². The molecule has 2 aromatic rings. The molecule has 5 nitrogen and oxygen atoms in total. The minimum absolute atomic E-state index is 0. The maximum atomic E-state index is 11.3. The number of benzene rings is 1. The highest BCUT2D eigenvalue weighted by molar-refractivity contribution is 5.94. The lowest BCUT2D eigenvalue weighted by atomic mass is 10.1. The van der Waals surface area contributed by atoms with Crippen LogP contribution < -0.4 is 5.43 Å². The Morgan fingerprint density at radius 1 is 1.16 bits per heavy atom. The highest BCUT2D eigenvalue weighted by atomic mass is 35.5. The quantitative estimate of drug-likeness (QED) is 0.497. The first-order chi connectivity index (χ1) is 11.7. The van der Waals surface area contributed by atoms with Gasteiger partial charge in [0.25, 0.3) is 0 Å². The summed E-state index contributed by atoms with van der Waals surface area (Å²) in [5, 5.41) is 4.21. The molecule has 1 aromatic heterocycles. The second-order valence-electron chi connectivity index (χ2n) is 5.84. The second kappa shape index (κ2) is 9.18. The Kier molecular flexibility index (Phi) is 6.95. The average molecular weight is 360 g/mol. The van der Waals surface area contributed by atoms with E-state index < -0.39 is 0 Å². The van der Waals surface area contributed by atoms with Crippen molar-refractivity contribution in [3.8, 4) is 11.3 Å². The monoisotopic (exact) mass is 359 g/mol. The summed E-state index contributed by atoms with van der Waals surface area (Å²) < 4.78 is 5.77. The van der Waals surface area contributed by atoms with E-state index in [1.807, 2.05) is 24.3 Å². The number of aliphatic imine (C=N–C) groups is 1. The number of hydrogen-bond acceptors (Lipinski definition) is 5. The number of amidine groups is 1. The van der Waals surface area contributed by atoms with E-state index in [4.69, 9.17) is 4.42 Å². The van der Waals surface area contributed by atoms with E-state index in [1.54, 1.807) is 25.3 Å². The molecule has 3 rings (SSSR count). The molecule has 0 unspecified atom stereocenters. The van der Waals surface area contributed by atoms with Gasteiger partial charge in [-0.25, -0.2) is 0 Å². The van der Waals surface area contributed by atoms with Gasteiger partial charge in [0.05, 0.1) is 6.21 Å². The molecule has 0 saturated carbocycles. The Labute approximate surface area is 153 Å². The van der Waals surface area contributed by atoms with Crippen LogP contribution in [0.1, 0.15) is 48.7 Å². The van der Waals surface area contributed by atoms with E-state index in [0.29, 0.717) is 11.3 Å². The van der Waals surface area contributed by atoms with E-state index in [1.165, 1.54) is 6.42 Å². The predicted molar refractivity (Wildman–Crippen MR) is 103 cm³/mol. The van der Waals surface area contributed by atoms with Gasteiger partial charge in [0.15, 0.2) is 5.78 Å². The van der Waals surface area contributed by atoms with Crippen molar-refractivity contribution in [2.75, 3.05) is 6.54 Å². The molecular weight excluding hydrogens is 338 g/mol. The number of nitrogens with zero attached hydrogens (tertiary/aromatic N) is 2.